The van der Waals surface area contributed by atoms with Gasteiger partial charge in [0.1, 0.15) is 6.04 Å². The molecule has 1 aromatic carbocycles. The fourth-order valence-corrected chi connectivity index (χ4v) is 3.51. The Hall–Kier alpha value is -1.88. The van der Waals surface area contributed by atoms with Crippen molar-refractivity contribution in [2.75, 3.05) is 34.3 Å². The van der Waals surface area contributed by atoms with Gasteiger partial charge in [-0.05, 0) is 31.2 Å². The number of carbonyl (C=O) groups excluding carboxylic acids is 2. The van der Waals surface area contributed by atoms with E-state index in [1.165, 1.54) is 25.7 Å². The van der Waals surface area contributed by atoms with Crippen LogP contribution < -0.4 is 5.32 Å². The Kier molecular flexibility index (Phi) is 13.9. The topological polar surface area (TPSA) is 55.4 Å². The maximum absolute atomic E-state index is 12.7. The van der Waals surface area contributed by atoms with Crippen LogP contribution in [0.3, 0.4) is 0 Å². The van der Waals surface area contributed by atoms with Gasteiger partial charge in [0.05, 0.1) is 34.3 Å². The number of nitrogens with one attached hydrogen (secondary N) is 1. The van der Waals surface area contributed by atoms with Crippen LogP contribution >= 0.6 is 0 Å². The highest BCUT2D eigenvalue weighted by Crippen LogP contribution is 2.09. The first-order valence-corrected chi connectivity index (χ1v) is 12.1. The summed E-state index contributed by atoms with van der Waals surface area (Å²) in [4.78, 5) is 25.1. The van der Waals surface area contributed by atoms with Crippen molar-refractivity contribution in [2.45, 2.75) is 83.6 Å². The molecule has 1 N–H and O–H groups in total. The second kappa shape index (κ2) is 15.9. The fraction of sp³-hybridized carbons (Fsp3) is 0.692. The third-order valence-corrected chi connectivity index (χ3v) is 5.38. The molecule has 0 spiro atoms. The van der Waals surface area contributed by atoms with E-state index < -0.39 is 6.04 Å². The number of carbonyl (C=O) groups is 2. The third-order valence-electron chi connectivity index (χ3n) is 5.38. The van der Waals surface area contributed by atoms with E-state index in [9.17, 15) is 9.59 Å². The molecule has 1 unspecified atom stereocenters. The Balaban J connectivity index is 2.44. The summed E-state index contributed by atoms with van der Waals surface area (Å²) in [6, 6.07) is 9.17. The van der Waals surface area contributed by atoms with Crippen LogP contribution in [0.2, 0.25) is 0 Å². The van der Waals surface area contributed by atoms with Crippen LogP contribution in [0.4, 0.5) is 0 Å². The van der Waals surface area contributed by atoms with Crippen LogP contribution in [-0.2, 0) is 20.7 Å². The molecule has 1 rings (SSSR count). The van der Waals surface area contributed by atoms with Crippen LogP contribution in [0.5, 0.6) is 0 Å². The SMILES string of the molecule is CCCCCCCCOC(=O)C(Cc1ccccc1)NC(=O)CCCCC[N+](C)(C)C. The number of hydrogen-bond acceptors (Lipinski definition) is 3. The van der Waals surface area contributed by atoms with Gasteiger partial charge in [0, 0.05) is 12.8 Å². The summed E-state index contributed by atoms with van der Waals surface area (Å²) in [6.45, 7) is 3.73. The second-order valence-electron chi connectivity index (χ2n) is 9.57. The Morgan fingerprint density at radius 1 is 0.903 bits per heavy atom. The van der Waals surface area contributed by atoms with Gasteiger partial charge in [-0.25, -0.2) is 4.79 Å². The average molecular weight is 434 g/mol. The first kappa shape index (κ1) is 27.2. The fourth-order valence-electron chi connectivity index (χ4n) is 3.51. The van der Waals surface area contributed by atoms with Crippen molar-refractivity contribution in [3.63, 3.8) is 0 Å². The molecule has 176 valence electrons. The van der Waals surface area contributed by atoms with Crippen LogP contribution in [0.25, 0.3) is 0 Å². The number of quaternary nitrogens is 1. The van der Waals surface area contributed by atoms with E-state index in [2.05, 4.69) is 33.4 Å². The zero-order valence-corrected chi connectivity index (χ0v) is 20.3. The maximum Gasteiger partial charge on any atom is 0.328 e. The Morgan fingerprint density at radius 3 is 2.23 bits per heavy atom. The molecule has 0 saturated carbocycles. The molecule has 1 aromatic rings. The number of unbranched alkanes of at least 4 members (excludes halogenated alkanes) is 7. The molecule has 5 nitrogen and oxygen atoms in total. The average Bonchev–Trinajstić information content (AvgIpc) is 2.72. The summed E-state index contributed by atoms with van der Waals surface area (Å²) < 4.78 is 6.45. The molecular formula is C26H45N2O3+. The number of benzene rings is 1. The summed E-state index contributed by atoms with van der Waals surface area (Å²) in [7, 11) is 6.53. The molecule has 31 heavy (non-hydrogen) atoms. The number of rotatable bonds is 17. The summed E-state index contributed by atoms with van der Waals surface area (Å²) in [5.41, 5.74) is 1.02. The molecule has 0 fully saturated rings. The summed E-state index contributed by atoms with van der Waals surface area (Å²) in [5.74, 6) is -0.390. The van der Waals surface area contributed by atoms with Crippen molar-refractivity contribution in [3.8, 4) is 0 Å². The predicted octanol–water partition coefficient (Wildman–Crippen LogP) is 4.88. The monoisotopic (exact) mass is 433 g/mol. The van der Waals surface area contributed by atoms with Crippen molar-refractivity contribution >= 4 is 11.9 Å². The van der Waals surface area contributed by atoms with Crippen molar-refractivity contribution < 1.29 is 18.8 Å². The van der Waals surface area contributed by atoms with E-state index >= 15 is 0 Å². The molecule has 0 bridgehead atoms. The molecule has 0 aliphatic carbocycles. The smallest absolute Gasteiger partial charge is 0.328 e. The standard InChI is InChI=1S/C26H44N2O3/c1-5-6-7-8-9-16-21-31-26(30)24(22-23-17-12-10-13-18-23)27-25(29)19-14-11-15-20-28(2,3)4/h10,12-13,17-18,24H,5-9,11,14-16,19-22H2,1-4H3/p+1. The Morgan fingerprint density at radius 2 is 1.55 bits per heavy atom. The van der Waals surface area contributed by atoms with Crippen molar-refractivity contribution in [3.05, 3.63) is 35.9 Å². The minimum Gasteiger partial charge on any atom is -0.464 e. The van der Waals surface area contributed by atoms with Gasteiger partial charge in [0.15, 0.2) is 0 Å². The maximum atomic E-state index is 12.7. The molecule has 1 atom stereocenters. The number of ether oxygens (including phenoxy) is 1. The normalized spacial score (nSPS) is 12.4. The quantitative estimate of drug-likeness (QED) is 0.216. The zero-order valence-electron chi connectivity index (χ0n) is 20.3. The lowest BCUT2D eigenvalue weighted by molar-refractivity contribution is -0.870. The number of nitrogens with zero attached hydrogens (tertiary/aromatic N) is 1. The summed E-state index contributed by atoms with van der Waals surface area (Å²) >= 11 is 0. The third kappa shape index (κ3) is 14.7. The lowest BCUT2D eigenvalue weighted by Gasteiger charge is -2.23. The largest absolute Gasteiger partial charge is 0.464 e. The molecule has 0 radical (unpaired) electrons. The molecule has 0 heterocycles. The van der Waals surface area contributed by atoms with Gasteiger partial charge in [0.2, 0.25) is 5.91 Å². The van der Waals surface area contributed by atoms with Crippen LogP contribution in [0, 0.1) is 0 Å². The molecule has 1 amide bonds. The van der Waals surface area contributed by atoms with Crippen molar-refractivity contribution in [1.29, 1.82) is 0 Å². The van der Waals surface area contributed by atoms with Gasteiger partial charge >= 0.3 is 5.97 Å². The molecule has 0 aliphatic heterocycles. The van der Waals surface area contributed by atoms with E-state index in [1.54, 1.807) is 0 Å². The van der Waals surface area contributed by atoms with Crippen molar-refractivity contribution in [1.82, 2.24) is 5.32 Å². The molecular weight excluding hydrogens is 388 g/mol. The highest BCUT2D eigenvalue weighted by molar-refractivity contribution is 5.84. The van der Waals surface area contributed by atoms with Gasteiger partial charge in [-0.2, -0.15) is 0 Å². The molecule has 0 aliphatic rings. The zero-order chi connectivity index (χ0) is 23.0. The number of hydrogen-bond donors (Lipinski definition) is 1. The highest BCUT2D eigenvalue weighted by Gasteiger charge is 2.22. The molecule has 5 heteroatoms. The van der Waals surface area contributed by atoms with Crippen LogP contribution in [-0.4, -0.2) is 56.7 Å². The minimum absolute atomic E-state index is 0.0669. The highest BCUT2D eigenvalue weighted by atomic mass is 16.5. The van der Waals surface area contributed by atoms with Gasteiger partial charge in [-0.15, -0.1) is 0 Å². The second-order valence-corrected chi connectivity index (χ2v) is 9.57. The van der Waals surface area contributed by atoms with E-state index in [0.29, 0.717) is 19.4 Å². The first-order chi connectivity index (χ1) is 14.8. The number of amides is 1. The predicted molar refractivity (Wildman–Crippen MR) is 128 cm³/mol. The summed E-state index contributed by atoms with van der Waals surface area (Å²) in [5, 5.41) is 2.92. The van der Waals surface area contributed by atoms with Crippen molar-refractivity contribution in [2.24, 2.45) is 0 Å². The Labute approximate surface area is 190 Å². The van der Waals surface area contributed by atoms with Gasteiger partial charge in [0.25, 0.3) is 0 Å². The summed E-state index contributed by atoms with van der Waals surface area (Å²) in [6.07, 6.45) is 10.8. The first-order valence-electron chi connectivity index (χ1n) is 12.1. The van der Waals surface area contributed by atoms with Gasteiger partial charge in [-0.3, -0.25) is 4.79 Å². The van der Waals surface area contributed by atoms with Crippen LogP contribution in [0.15, 0.2) is 30.3 Å². The van der Waals surface area contributed by atoms with Crippen LogP contribution in [0.1, 0.15) is 76.7 Å². The Bertz CT molecular complexity index is 611. The lowest BCUT2D eigenvalue weighted by atomic mass is 10.1. The van der Waals surface area contributed by atoms with E-state index in [4.69, 9.17) is 4.74 Å². The molecule has 0 saturated heterocycles. The molecule has 0 aromatic heterocycles. The number of esters is 1. The van der Waals surface area contributed by atoms with Gasteiger partial charge in [-0.1, -0.05) is 69.4 Å². The lowest BCUT2D eigenvalue weighted by Crippen LogP contribution is -2.43. The minimum atomic E-state index is -0.624. The van der Waals surface area contributed by atoms with E-state index in [1.807, 2.05) is 30.3 Å². The van der Waals surface area contributed by atoms with E-state index in [0.717, 1.165) is 48.7 Å². The van der Waals surface area contributed by atoms with E-state index in [-0.39, 0.29) is 11.9 Å². The van der Waals surface area contributed by atoms with Gasteiger partial charge < -0.3 is 14.5 Å².